The Balaban J connectivity index is 0. The molecule has 0 fully saturated rings. The number of hydrogen-bond donors (Lipinski definition) is 1. The summed E-state index contributed by atoms with van der Waals surface area (Å²) in [5, 5.41) is 7.42. The molecule has 0 unspecified atom stereocenters. The highest BCUT2D eigenvalue weighted by Crippen LogP contribution is 1.42. The van der Waals surface area contributed by atoms with Gasteiger partial charge in [0.2, 0.25) is 0 Å². The molecule has 5 heteroatoms. The van der Waals surface area contributed by atoms with Gasteiger partial charge in [-0.1, -0.05) is 0 Å². The Morgan fingerprint density at radius 2 is 2.00 bits per heavy atom. The molecule has 7 heavy (non-hydrogen) atoms. The van der Waals surface area contributed by atoms with Crippen molar-refractivity contribution in [2.24, 2.45) is 0 Å². The van der Waals surface area contributed by atoms with E-state index in [1.54, 1.807) is 0 Å². The molecule has 0 aliphatic heterocycles. The SMILES string of the molecule is CC(=O)O.[AlH2][O][SiH3]. The molecule has 0 rings (SSSR count). The molecule has 0 radical (unpaired) electrons. The van der Waals surface area contributed by atoms with Gasteiger partial charge in [-0.3, -0.25) is 4.79 Å². The normalized spacial score (nSPS) is 6.43. The van der Waals surface area contributed by atoms with Gasteiger partial charge in [-0.2, -0.15) is 0 Å². The van der Waals surface area contributed by atoms with Crippen LogP contribution < -0.4 is 0 Å². The van der Waals surface area contributed by atoms with E-state index in [0.29, 0.717) is 0 Å². The van der Waals surface area contributed by atoms with Crippen molar-refractivity contribution < 1.29 is 13.4 Å². The van der Waals surface area contributed by atoms with Crippen LogP contribution in [0.3, 0.4) is 0 Å². The lowest BCUT2D eigenvalue weighted by Gasteiger charge is -1.63. The second kappa shape index (κ2) is 9.49. The predicted molar refractivity (Wildman–Crippen MR) is 32.9 cm³/mol. The first kappa shape index (κ1) is 10.2. The fourth-order valence-electron chi connectivity index (χ4n) is 0. The van der Waals surface area contributed by atoms with Gasteiger partial charge in [-0.15, -0.1) is 0 Å². The van der Waals surface area contributed by atoms with Gasteiger partial charge < -0.3 is 8.58 Å². The summed E-state index contributed by atoms with van der Waals surface area (Å²) in [5.74, 6) is -0.833. The second-order valence-corrected chi connectivity index (χ2v) is 4.19. The molecule has 3 nitrogen and oxygen atoms in total. The van der Waals surface area contributed by atoms with Crippen LogP contribution >= 0.6 is 0 Å². The number of hydrogen-bond acceptors (Lipinski definition) is 2. The standard InChI is InChI=1S/C2H4O2.Al.H3OSi.2H/c1-2(3)4;;1-2;;/h1H3,(H,3,4);;2H3;;/q;+1;-1;;. The summed E-state index contributed by atoms with van der Waals surface area (Å²) in [4.78, 5) is 9.00. The van der Waals surface area contributed by atoms with Crippen LogP contribution in [0.4, 0.5) is 0 Å². The Hall–Kier alpha value is 0.179. The maximum absolute atomic E-state index is 9.00. The van der Waals surface area contributed by atoms with E-state index >= 15 is 0 Å². The molecule has 1 N–H and O–H groups in total. The summed E-state index contributed by atoms with van der Waals surface area (Å²) in [6.07, 6.45) is 0. The minimum atomic E-state index is -0.833. The lowest BCUT2D eigenvalue weighted by molar-refractivity contribution is -0.134. The summed E-state index contributed by atoms with van der Waals surface area (Å²) in [6.45, 7) is 1.08. The summed E-state index contributed by atoms with van der Waals surface area (Å²) < 4.78 is 4.53. The Labute approximate surface area is 54.0 Å². The van der Waals surface area contributed by atoms with Crippen molar-refractivity contribution >= 4 is 33.1 Å². The minimum absolute atomic E-state index is 0.833. The molecule has 0 saturated carbocycles. The van der Waals surface area contributed by atoms with E-state index in [-0.39, 0.29) is 0 Å². The van der Waals surface area contributed by atoms with Crippen molar-refractivity contribution in [2.75, 3.05) is 0 Å². The van der Waals surface area contributed by atoms with E-state index in [9.17, 15) is 0 Å². The molecular weight excluding hydrogens is 127 g/mol. The monoisotopic (exact) mass is 136 g/mol. The van der Waals surface area contributed by atoms with Crippen LogP contribution in [0.15, 0.2) is 0 Å². The highest BCUT2D eigenvalue weighted by atomic mass is 28.2. The number of carbonyl (C=O) groups is 1. The topological polar surface area (TPSA) is 46.5 Å². The summed E-state index contributed by atoms with van der Waals surface area (Å²) in [6, 6.07) is 0. The van der Waals surface area contributed by atoms with Crippen LogP contribution in [0.1, 0.15) is 6.92 Å². The molecular formula is C2H9AlO3Si. The molecule has 0 aromatic heterocycles. The smallest absolute Gasteiger partial charge is 0.398 e. The third-order valence-corrected chi connectivity index (χ3v) is 0. The zero-order valence-electron chi connectivity index (χ0n) is 4.76. The number of carboxylic acids is 1. The van der Waals surface area contributed by atoms with E-state index in [2.05, 4.69) is 3.48 Å². The molecule has 0 aliphatic carbocycles. The van der Waals surface area contributed by atoms with E-state index in [0.717, 1.165) is 34.0 Å². The summed E-state index contributed by atoms with van der Waals surface area (Å²) >= 11 is 0.931. The van der Waals surface area contributed by atoms with E-state index < -0.39 is 5.97 Å². The Kier molecular flexibility index (Phi) is 13.9. The van der Waals surface area contributed by atoms with Crippen LogP contribution in [-0.4, -0.2) is 38.2 Å². The van der Waals surface area contributed by atoms with Gasteiger partial charge in [-0.05, 0) is 0 Å². The van der Waals surface area contributed by atoms with Gasteiger partial charge in [0.05, 0.1) is 0 Å². The molecule has 42 valence electrons. The van der Waals surface area contributed by atoms with Crippen molar-refractivity contribution in [3.05, 3.63) is 0 Å². The Morgan fingerprint density at radius 3 is 2.00 bits per heavy atom. The van der Waals surface area contributed by atoms with Crippen molar-refractivity contribution in [2.45, 2.75) is 6.92 Å². The molecule has 0 aliphatic rings. The Morgan fingerprint density at radius 1 is 2.00 bits per heavy atom. The number of rotatable bonds is 0. The van der Waals surface area contributed by atoms with Crippen molar-refractivity contribution in [3.63, 3.8) is 0 Å². The van der Waals surface area contributed by atoms with Crippen LogP contribution in [0.5, 0.6) is 0 Å². The third-order valence-electron chi connectivity index (χ3n) is 0. The first-order valence-corrected chi connectivity index (χ1v) is 3.38. The second-order valence-electron chi connectivity index (χ2n) is 0.927. The zero-order valence-corrected chi connectivity index (χ0v) is 8.76. The van der Waals surface area contributed by atoms with Crippen molar-refractivity contribution in [3.8, 4) is 0 Å². The van der Waals surface area contributed by atoms with Crippen molar-refractivity contribution in [1.82, 2.24) is 0 Å². The quantitative estimate of drug-likeness (QED) is 0.389. The van der Waals surface area contributed by atoms with E-state index in [1.165, 1.54) is 0 Å². The predicted octanol–water partition coefficient (Wildman–Crippen LogP) is -2.08. The van der Waals surface area contributed by atoms with Gasteiger partial charge in [0, 0.05) is 6.92 Å². The van der Waals surface area contributed by atoms with Gasteiger partial charge in [0.1, 0.15) is 10.5 Å². The molecule has 0 amide bonds. The fraction of sp³-hybridized carbons (Fsp3) is 0.500. The molecule has 0 aromatic carbocycles. The van der Waals surface area contributed by atoms with Gasteiger partial charge in [0.25, 0.3) is 5.97 Å². The van der Waals surface area contributed by atoms with E-state index in [1.807, 2.05) is 0 Å². The maximum atomic E-state index is 9.00. The molecule has 0 spiro atoms. The lowest BCUT2D eigenvalue weighted by Crippen LogP contribution is -1.78. The number of carboxylic acid groups (broad SMARTS) is 1. The average molecular weight is 136 g/mol. The highest BCUT2D eigenvalue weighted by Gasteiger charge is 1.65. The third kappa shape index (κ3) is 3360. The van der Waals surface area contributed by atoms with Crippen LogP contribution in [-0.2, 0) is 8.27 Å². The molecule has 0 aromatic rings. The zero-order chi connectivity index (χ0) is 6.28. The molecule has 0 atom stereocenters. The summed E-state index contributed by atoms with van der Waals surface area (Å²) in [5.41, 5.74) is 0. The van der Waals surface area contributed by atoms with Crippen LogP contribution in [0.2, 0.25) is 0 Å². The highest BCUT2D eigenvalue weighted by molar-refractivity contribution is 6.15. The molecule has 0 saturated heterocycles. The Bertz CT molecular complexity index is 44.2. The first-order valence-electron chi connectivity index (χ1n) is 1.74. The molecule has 0 bridgehead atoms. The summed E-state index contributed by atoms with van der Waals surface area (Å²) in [7, 11) is 0.931. The largest absolute Gasteiger partial charge is 0.557 e. The minimum Gasteiger partial charge on any atom is -0.557 e. The first-order chi connectivity index (χ1) is 3.15. The lowest BCUT2D eigenvalue weighted by atomic mass is 10.9. The van der Waals surface area contributed by atoms with Gasteiger partial charge in [0.15, 0.2) is 0 Å². The molecule has 0 heterocycles. The van der Waals surface area contributed by atoms with E-state index in [4.69, 9.17) is 9.90 Å². The average Bonchev–Trinajstić information content (AvgIpc) is 1.33. The fourth-order valence-corrected chi connectivity index (χ4v) is 0. The van der Waals surface area contributed by atoms with Gasteiger partial charge >= 0.3 is 16.6 Å². The van der Waals surface area contributed by atoms with Gasteiger partial charge in [-0.25, -0.2) is 0 Å². The number of aliphatic carboxylic acids is 1. The van der Waals surface area contributed by atoms with Crippen molar-refractivity contribution in [1.29, 1.82) is 0 Å². The maximum Gasteiger partial charge on any atom is 0.398 e. The van der Waals surface area contributed by atoms with Crippen LogP contribution in [0, 0.1) is 0 Å². The van der Waals surface area contributed by atoms with Crippen LogP contribution in [0.25, 0.3) is 0 Å².